The van der Waals surface area contributed by atoms with Crippen LogP contribution in [0.3, 0.4) is 0 Å². The first-order valence-electron chi connectivity index (χ1n) is 9.24. The Morgan fingerprint density at radius 1 is 1.00 bits per heavy atom. The largest absolute Gasteiger partial charge is 0.489 e. The number of rotatable bonds is 9. The maximum atomic E-state index is 12.8. The zero-order valence-electron chi connectivity index (χ0n) is 16.2. The highest BCUT2D eigenvalue weighted by Crippen LogP contribution is 2.17. The van der Waals surface area contributed by atoms with Crippen LogP contribution in [0.5, 0.6) is 5.75 Å². The number of esters is 1. The van der Waals surface area contributed by atoms with E-state index in [1.165, 1.54) is 0 Å². The molecule has 0 saturated carbocycles. The maximum Gasteiger partial charge on any atom is 0.307 e. The Balaban J connectivity index is 1.96. The number of benzene rings is 2. The van der Waals surface area contributed by atoms with E-state index in [9.17, 15) is 9.59 Å². The molecule has 2 aromatic rings. The fourth-order valence-electron chi connectivity index (χ4n) is 2.64. The van der Waals surface area contributed by atoms with Crippen molar-refractivity contribution in [3.8, 4) is 5.75 Å². The molecule has 1 amide bonds. The standard InChI is InChI=1S/C22H27NO4/c1-4-26-21(24)14-15-23(17(2)3)22(25)19-10-12-20(13-11-19)27-16-18-8-6-5-7-9-18/h5-13,17H,4,14-16H2,1-3H3. The van der Waals surface area contributed by atoms with Crippen molar-refractivity contribution < 1.29 is 19.1 Å². The van der Waals surface area contributed by atoms with Crippen molar-refractivity contribution in [3.05, 3.63) is 65.7 Å². The van der Waals surface area contributed by atoms with E-state index < -0.39 is 0 Å². The van der Waals surface area contributed by atoms with Gasteiger partial charge in [-0.2, -0.15) is 0 Å². The molecule has 0 saturated heterocycles. The van der Waals surface area contributed by atoms with Gasteiger partial charge >= 0.3 is 5.97 Å². The first-order chi connectivity index (χ1) is 13.0. The highest BCUT2D eigenvalue weighted by Gasteiger charge is 2.20. The SMILES string of the molecule is CCOC(=O)CCN(C(=O)c1ccc(OCc2ccccc2)cc1)C(C)C. The van der Waals surface area contributed by atoms with Crippen molar-refractivity contribution >= 4 is 11.9 Å². The van der Waals surface area contributed by atoms with Crippen LogP contribution in [-0.4, -0.2) is 36.0 Å². The number of hydrogen-bond donors (Lipinski definition) is 0. The second kappa shape index (κ2) is 10.4. The Kier molecular flexibility index (Phi) is 7.86. The van der Waals surface area contributed by atoms with E-state index >= 15 is 0 Å². The summed E-state index contributed by atoms with van der Waals surface area (Å²) in [5, 5.41) is 0. The van der Waals surface area contributed by atoms with Crippen molar-refractivity contribution in [3.63, 3.8) is 0 Å². The average molecular weight is 369 g/mol. The summed E-state index contributed by atoms with van der Waals surface area (Å²) >= 11 is 0. The highest BCUT2D eigenvalue weighted by atomic mass is 16.5. The highest BCUT2D eigenvalue weighted by molar-refractivity contribution is 5.94. The molecule has 0 unspecified atom stereocenters. The molecular weight excluding hydrogens is 342 g/mol. The van der Waals surface area contributed by atoms with E-state index in [1.54, 1.807) is 36.1 Å². The lowest BCUT2D eigenvalue weighted by Crippen LogP contribution is -2.38. The summed E-state index contributed by atoms with van der Waals surface area (Å²) in [5.74, 6) is 0.308. The predicted molar refractivity (Wildman–Crippen MR) is 105 cm³/mol. The van der Waals surface area contributed by atoms with Crippen molar-refractivity contribution in [1.82, 2.24) is 4.90 Å². The summed E-state index contributed by atoms with van der Waals surface area (Å²) in [6, 6.07) is 17.0. The van der Waals surface area contributed by atoms with E-state index in [-0.39, 0.29) is 24.3 Å². The maximum absolute atomic E-state index is 12.8. The van der Waals surface area contributed by atoms with Gasteiger partial charge in [-0.1, -0.05) is 30.3 Å². The number of ether oxygens (including phenoxy) is 2. The number of carbonyl (C=O) groups excluding carboxylic acids is 2. The Morgan fingerprint density at radius 2 is 1.67 bits per heavy atom. The zero-order valence-corrected chi connectivity index (χ0v) is 16.2. The summed E-state index contributed by atoms with van der Waals surface area (Å²) < 4.78 is 10.7. The topological polar surface area (TPSA) is 55.8 Å². The summed E-state index contributed by atoms with van der Waals surface area (Å²) in [4.78, 5) is 26.0. The second-order valence-electron chi connectivity index (χ2n) is 6.45. The monoisotopic (exact) mass is 369 g/mol. The van der Waals surface area contributed by atoms with Crippen molar-refractivity contribution in [1.29, 1.82) is 0 Å². The summed E-state index contributed by atoms with van der Waals surface area (Å²) in [7, 11) is 0. The lowest BCUT2D eigenvalue weighted by molar-refractivity contribution is -0.143. The molecule has 0 aliphatic rings. The van der Waals surface area contributed by atoms with Gasteiger partial charge in [0.15, 0.2) is 0 Å². The Hall–Kier alpha value is -2.82. The number of nitrogens with zero attached hydrogens (tertiary/aromatic N) is 1. The molecule has 5 nitrogen and oxygen atoms in total. The van der Waals surface area contributed by atoms with E-state index in [1.807, 2.05) is 44.2 Å². The van der Waals surface area contributed by atoms with Gasteiger partial charge in [0.25, 0.3) is 5.91 Å². The third-order valence-corrected chi connectivity index (χ3v) is 4.10. The van der Waals surface area contributed by atoms with Gasteiger partial charge in [0.2, 0.25) is 0 Å². The van der Waals surface area contributed by atoms with Crippen LogP contribution in [0.25, 0.3) is 0 Å². The van der Waals surface area contributed by atoms with Gasteiger partial charge in [-0.3, -0.25) is 9.59 Å². The van der Waals surface area contributed by atoms with Crippen LogP contribution in [0, 0.1) is 0 Å². The van der Waals surface area contributed by atoms with Gasteiger partial charge < -0.3 is 14.4 Å². The fraction of sp³-hybridized carbons (Fsp3) is 0.364. The zero-order chi connectivity index (χ0) is 19.6. The molecule has 5 heteroatoms. The first-order valence-corrected chi connectivity index (χ1v) is 9.24. The Morgan fingerprint density at radius 3 is 2.26 bits per heavy atom. The smallest absolute Gasteiger partial charge is 0.307 e. The molecule has 2 rings (SSSR count). The molecule has 0 fully saturated rings. The molecule has 0 N–H and O–H groups in total. The van der Waals surface area contributed by atoms with Crippen LogP contribution in [0.2, 0.25) is 0 Å². The third-order valence-electron chi connectivity index (χ3n) is 4.10. The number of carbonyl (C=O) groups is 2. The van der Waals surface area contributed by atoms with Crippen molar-refractivity contribution in [2.45, 2.75) is 39.8 Å². The first kappa shape index (κ1) is 20.5. The van der Waals surface area contributed by atoms with E-state index in [2.05, 4.69) is 0 Å². The summed E-state index contributed by atoms with van der Waals surface area (Å²) in [6.45, 7) is 6.79. The summed E-state index contributed by atoms with van der Waals surface area (Å²) in [5.41, 5.74) is 1.65. The number of amides is 1. The van der Waals surface area contributed by atoms with Gasteiger partial charge in [0.05, 0.1) is 13.0 Å². The molecule has 0 aromatic heterocycles. The van der Waals surface area contributed by atoms with Crippen LogP contribution < -0.4 is 4.74 Å². The van der Waals surface area contributed by atoms with Gasteiger partial charge in [0, 0.05) is 18.2 Å². The average Bonchev–Trinajstić information content (AvgIpc) is 2.67. The molecule has 0 radical (unpaired) electrons. The quantitative estimate of drug-likeness (QED) is 0.625. The molecule has 144 valence electrons. The molecule has 0 aliphatic heterocycles. The van der Waals surface area contributed by atoms with Crippen molar-refractivity contribution in [2.75, 3.05) is 13.2 Å². The van der Waals surface area contributed by atoms with E-state index in [0.717, 1.165) is 5.56 Å². The lowest BCUT2D eigenvalue weighted by Gasteiger charge is -2.26. The lowest BCUT2D eigenvalue weighted by atomic mass is 10.1. The molecule has 2 aromatic carbocycles. The van der Waals surface area contributed by atoms with Gasteiger partial charge in [-0.15, -0.1) is 0 Å². The molecule has 27 heavy (non-hydrogen) atoms. The Labute approximate surface area is 160 Å². The van der Waals surface area contributed by atoms with Gasteiger partial charge in [-0.05, 0) is 50.6 Å². The number of hydrogen-bond acceptors (Lipinski definition) is 4. The van der Waals surface area contributed by atoms with Crippen LogP contribution in [-0.2, 0) is 16.1 Å². The van der Waals surface area contributed by atoms with Gasteiger partial charge in [0.1, 0.15) is 12.4 Å². The summed E-state index contributed by atoms with van der Waals surface area (Å²) in [6.07, 6.45) is 0.191. The molecule has 0 atom stereocenters. The molecule has 0 bridgehead atoms. The molecular formula is C22H27NO4. The van der Waals surface area contributed by atoms with Crippen LogP contribution >= 0.6 is 0 Å². The van der Waals surface area contributed by atoms with E-state index in [0.29, 0.717) is 31.1 Å². The molecule has 0 aliphatic carbocycles. The van der Waals surface area contributed by atoms with E-state index in [4.69, 9.17) is 9.47 Å². The van der Waals surface area contributed by atoms with Crippen LogP contribution in [0.15, 0.2) is 54.6 Å². The Bertz CT molecular complexity index is 726. The second-order valence-corrected chi connectivity index (χ2v) is 6.45. The fourth-order valence-corrected chi connectivity index (χ4v) is 2.64. The molecule has 0 heterocycles. The predicted octanol–water partition coefficient (Wildman–Crippen LogP) is 4.07. The molecule has 0 spiro atoms. The van der Waals surface area contributed by atoms with Crippen LogP contribution in [0.1, 0.15) is 43.1 Å². The van der Waals surface area contributed by atoms with Crippen LogP contribution in [0.4, 0.5) is 0 Å². The third kappa shape index (κ3) is 6.44. The minimum atomic E-state index is -0.291. The minimum absolute atomic E-state index is 0.0130. The van der Waals surface area contributed by atoms with Crippen molar-refractivity contribution in [2.24, 2.45) is 0 Å². The normalized spacial score (nSPS) is 10.5. The van der Waals surface area contributed by atoms with Gasteiger partial charge in [-0.25, -0.2) is 0 Å². The minimum Gasteiger partial charge on any atom is -0.489 e.